The van der Waals surface area contributed by atoms with Crippen molar-refractivity contribution in [3.8, 4) is 11.5 Å². The first-order valence-corrected chi connectivity index (χ1v) is 10.5. The van der Waals surface area contributed by atoms with Crippen LogP contribution in [0.4, 0.5) is 11.4 Å². The van der Waals surface area contributed by atoms with Crippen molar-refractivity contribution in [1.82, 2.24) is 5.32 Å². The fraction of sp³-hybridized carbons (Fsp3) is 0.263. The Labute approximate surface area is 169 Å². The second kappa shape index (κ2) is 9.78. The number of rotatable bonds is 9. The molecule has 0 radical (unpaired) electrons. The Balaban J connectivity index is 2.03. The first-order valence-electron chi connectivity index (χ1n) is 8.62. The Hall–Kier alpha value is -3.27. The lowest BCUT2D eigenvalue weighted by molar-refractivity contribution is -0.114. The summed E-state index contributed by atoms with van der Waals surface area (Å²) in [6, 6.07) is 11.3. The Morgan fingerprint density at radius 1 is 1.03 bits per heavy atom. The van der Waals surface area contributed by atoms with Crippen molar-refractivity contribution < 1.29 is 27.5 Å². The summed E-state index contributed by atoms with van der Waals surface area (Å²) in [7, 11) is -2.02. The van der Waals surface area contributed by atoms with Crippen LogP contribution in [0.3, 0.4) is 0 Å². The number of carbonyl (C=O) groups excluding carboxylic acids is 2. The maximum Gasteiger partial charge on any atom is 0.253 e. The van der Waals surface area contributed by atoms with Gasteiger partial charge in [0.05, 0.1) is 31.2 Å². The molecule has 0 saturated carbocycles. The molecule has 0 unspecified atom stereocenters. The van der Waals surface area contributed by atoms with Gasteiger partial charge in [-0.2, -0.15) is 0 Å². The lowest BCUT2D eigenvalue weighted by atomic mass is 10.1. The number of sulfonamides is 1. The number of methoxy groups -OCH3 is 1. The minimum atomic E-state index is -3.59. The molecule has 29 heavy (non-hydrogen) atoms. The summed E-state index contributed by atoms with van der Waals surface area (Å²) in [4.78, 5) is 23.8. The predicted octanol–water partition coefficient (Wildman–Crippen LogP) is 1.83. The second-order valence-electron chi connectivity index (χ2n) is 6.10. The molecule has 0 aromatic heterocycles. The Morgan fingerprint density at radius 2 is 1.69 bits per heavy atom. The van der Waals surface area contributed by atoms with E-state index in [1.54, 1.807) is 31.4 Å². The third-order valence-electron chi connectivity index (χ3n) is 3.60. The molecule has 0 bridgehead atoms. The SMILES string of the molecule is COc1ccc(OCCNC(=O)c2cc(NC(C)=O)ccc2NS(C)(=O)=O)cc1. The van der Waals surface area contributed by atoms with Gasteiger partial charge >= 0.3 is 0 Å². The molecule has 0 aliphatic rings. The summed E-state index contributed by atoms with van der Waals surface area (Å²) < 4.78 is 36.0. The average Bonchev–Trinajstić information content (AvgIpc) is 2.65. The van der Waals surface area contributed by atoms with E-state index in [0.29, 0.717) is 17.2 Å². The third-order valence-corrected chi connectivity index (χ3v) is 4.19. The van der Waals surface area contributed by atoms with E-state index in [1.807, 2.05) is 0 Å². The molecule has 0 aliphatic carbocycles. The molecule has 0 fully saturated rings. The fourth-order valence-electron chi connectivity index (χ4n) is 2.40. The number of hydrogen-bond donors (Lipinski definition) is 3. The maximum absolute atomic E-state index is 12.6. The number of nitrogens with one attached hydrogen (secondary N) is 3. The summed E-state index contributed by atoms with van der Waals surface area (Å²) in [5.74, 6) is 0.498. The van der Waals surface area contributed by atoms with E-state index in [4.69, 9.17) is 9.47 Å². The molecular weight excluding hydrogens is 398 g/mol. The topological polar surface area (TPSA) is 123 Å². The molecule has 9 nitrogen and oxygen atoms in total. The van der Waals surface area contributed by atoms with Crippen LogP contribution in [-0.2, 0) is 14.8 Å². The molecule has 156 valence electrons. The Bertz CT molecular complexity index is 974. The number of carbonyl (C=O) groups is 2. The Morgan fingerprint density at radius 3 is 2.28 bits per heavy atom. The van der Waals surface area contributed by atoms with E-state index in [-0.39, 0.29) is 30.3 Å². The molecule has 10 heteroatoms. The molecule has 2 aromatic rings. The minimum absolute atomic E-state index is 0.0751. The van der Waals surface area contributed by atoms with E-state index in [0.717, 1.165) is 6.26 Å². The largest absolute Gasteiger partial charge is 0.497 e. The summed E-state index contributed by atoms with van der Waals surface area (Å²) >= 11 is 0. The van der Waals surface area contributed by atoms with Crippen LogP contribution in [0, 0.1) is 0 Å². The van der Waals surface area contributed by atoms with Crippen LogP contribution in [0.1, 0.15) is 17.3 Å². The van der Waals surface area contributed by atoms with Crippen molar-refractivity contribution in [3.05, 3.63) is 48.0 Å². The number of anilines is 2. The van der Waals surface area contributed by atoms with Crippen LogP contribution in [-0.4, -0.2) is 46.7 Å². The summed E-state index contributed by atoms with van der Waals surface area (Å²) in [6.07, 6.45) is 0.985. The van der Waals surface area contributed by atoms with Gasteiger partial charge in [0.25, 0.3) is 5.91 Å². The minimum Gasteiger partial charge on any atom is -0.497 e. The first-order chi connectivity index (χ1) is 13.7. The number of hydrogen-bond acceptors (Lipinski definition) is 6. The normalized spacial score (nSPS) is 10.7. The smallest absolute Gasteiger partial charge is 0.253 e. The quantitative estimate of drug-likeness (QED) is 0.531. The van der Waals surface area contributed by atoms with Crippen molar-refractivity contribution in [2.24, 2.45) is 0 Å². The zero-order chi connectivity index (χ0) is 21.4. The van der Waals surface area contributed by atoms with Gasteiger partial charge in [-0.1, -0.05) is 0 Å². The van der Waals surface area contributed by atoms with Crippen LogP contribution in [0.5, 0.6) is 11.5 Å². The zero-order valence-electron chi connectivity index (χ0n) is 16.3. The predicted molar refractivity (Wildman–Crippen MR) is 110 cm³/mol. The van der Waals surface area contributed by atoms with Gasteiger partial charge in [-0.3, -0.25) is 14.3 Å². The van der Waals surface area contributed by atoms with Crippen molar-refractivity contribution in [3.63, 3.8) is 0 Å². The van der Waals surface area contributed by atoms with Crippen LogP contribution in [0.15, 0.2) is 42.5 Å². The molecule has 2 aromatic carbocycles. The van der Waals surface area contributed by atoms with Crippen molar-refractivity contribution >= 4 is 33.2 Å². The highest BCUT2D eigenvalue weighted by Crippen LogP contribution is 2.22. The molecule has 0 spiro atoms. The van der Waals surface area contributed by atoms with Gasteiger partial charge in [-0.25, -0.2) is 8.42 Å². The molecule has 2 rings (SSSR count). The van der Waals surface area contributed by atoms with Gasteiger partial charge in [-0.05, 0) is 42.5 Å². The zero-order valence-corrected chi connectivity index (χ0v) is 17.1. The Kier molecular flexibility index (Phi) is 7.43. The van der Waals surface area contributed by atoms with Crippen LogP contribution >= 0.6 is 0 Å². The molecular formula is C19H23N3O6S. The van der Waals surface area contributed by atoms with E-state index >= 15 is 0 Å². The van der Waals surface area contributed by atoms with E-state index in [9.17, 15) is 18.0 Å². The summed E-state index contributed by atoms with van der Waals surface area (Å²) in [6.45, 7) is 1.73. The maximum atomic E-state index is 12.6. The second-order valence-corrected chi connectivity index (χ2v) is 7.84. The fourth-order valence-corrected chi connectivity index (χ4v) is 2.98. The molecule has 0 atom stereocenters. The van der Waals surface area contributed by atoms with E-state index in [2.05, 4.69) is 15.4 Å². The van der Waals surface area contributed by atoms with E-state index < -0.39 is 15.9 Å². The monoisotopic (exact) mass is 421 g/mol. The van der Waals surface area contributed by atoms with E-state index in [1.165, 1.54) is 25.1 Å². The molecule has 0 heterocycles. The summed E-state index contributed by atoms with van der Waals surface area (Å²) in [5, 5.41) is 5.22. The lowest BCUT2D eigenvalue weighted by Crippen LogP contribution is -2.29. The van der Waals surface area contributed by atoms with Crippen LogP contribution in [0.25, 0.3) is 0 Å². The lowest BCUT2D eigenvalue weighted by Gasteiger charge is -2.13. The summed E-state index contributed by atoms with van der Waals surface area (Å²) in [5.41, 5.74) is 0.553. The van der Waals surface area contributed by atoms with Gasteiger partial charge in [-0.15, -0.1) is 0 Å². The van der Waals surface area contributed by atoms with Crippen LogP contribution in [0.2, 0.25) is 0 Å². The highest BCUT2D eigenvalue weighted by Gasteiger charge is 2.15. The van der Waals surface area contributed by atoms with Crippen LogP contribution < -0.4 is 24.8 Å². The molecule has 2 amide bonds. The highest BCUT2D eigenvalue weighted by atomic mass is 32.2. The van der Waals surface area contributed by atoms with Gasteiger partial charge in [0.15, 0.2) is 0 Å². The van der Waals surface area contributed by atoms with Crippen molar-refractivity contribution in [1.29, 1.82) is 0 Å². The number of benzene rings is 2. The number of ether oxygens (including phenoxy) is 2. The van der Waals surface area contributed by atoms with Gasteiger partial charge in [0.1, 0.15) is 18.1 Å². The van der Waals surface area contributed by atoms with Gasteiger partial charge < -0.3 is 20.1 Å². The number of amides is 2. The van der Waals surface area contributed by atoms with Crippen molar-refractivity contribution in [2.75, 3.05) is 36.6 Å². The average molecular weight is 421 g/mol. The molecule has 3 N–H and O–H groups in total. The molecule has 0 saturated heterocycles. The highest BCUT2D eigenvalue weighted by molar-refractivity contribution is 7.92. The van der Waals surface area contributed by atoms with Crippen molar-refractivity contribution in [2.45, 2.75) is 6.92 Å². The third kappa shape index (κ3) is 7.34. The van der Waals surface area contributed by atoms with Gasteiger partial charge in [0, 0.05) is 12.6 Å². The first kappa shape index (κ1) is 22.0. The standard InChI is InChI=1S/C19H23N3O6S/c1-13(23)21-14-4-9-18(22-29(3,25)26)17(12-14)19(24)20-10-11-28-16-7-5-15(27-2)6-8-16/h4-9,12,22H,10-11H2,1-3H3,(H,20,24)(H,21,23). The van der Waals surface area contributed by atoms with Gasteiger partial charge in [0.2, 0.25) is 15.9 Å². The molecule has 0 aliphatic heterocycles.